The molecule has 2 amide bonds. The normalized spacial score (nSPS) is 19.3. The highest BCUT2D eigenvalue weighted by molar-refractivity contribution is 5.94. The summed E-state index contributed by atoms with van der Waals surface area (Å²) in [6.45, 7) is 1.55. The average Bonchev–Trinajstić information content (AvgIpc) is 2.92. The van der Waals surface area contributed by atoms with Crippen molar-refractivity contribution < 1.29 is 22.8 Å². The Hall–Kier alpha value is -2.05. The lowest BCUT2D eigenvalue weighted by Crippen LogP contribution is -2.40. The summed E-state index contributed by atoms with van der Waals surface area (Å²) in [7, 11) is 0. The number of halogens is 3. The predicted octanol–water partition coefficient (Wildman–Crippen LogP) is 3.36. The van der Waals surface area contributed by atoms with Gasteiger partial charge in [-0.05, 0) is 31.4 Å². The fourth-order valence-corrected chi connectivity index (χ4v) is 3.81. The van der Waals surface area contributed by atoms with Crippen LogP contribution in [0.25, 0.3) is 0 Å². The molecular formula is C19H23F3N2O2. The van der Waals surface area contributed by atoms with Crippen molar-refractivity contribution in [2.75, 3.05) is 26.2 Å². The molecule has 0 bridgehead atoms. The Morgan fingerprint density at radius 2 is 1.46 bits per heavy atom. The first kappa shape index (κ1) is 18.7. The van der Waals surface area contributed by atoms with Crippen molar-refractivity contribution in [2.24, 2.45) is 5.92 Å². The Balaban J connectivity index is 1.65. The molecule has 3 rings (SSSR count). The van der Waals surface area contributed by atoms with Gasteiger partial charge in [0, 0.05) is 32.1 Å². The van der Waals surface area contributed by atoms with Gasteiger partial charge in [0.25, 0.3) is 5.91 Å². The lowest BCUT2D eigenvalue weighted by atomic mass is 9.88. The van der Waals surface area contributed by atoms with Crippen molar-refractivity contribution >= 4 is 11.8 Å². The first-order valence-corrected chi connectivity index (χ1v) is 9.20. The maximum Gasteiger partial charge on any atom is 0.257 e. The molecule has 0 radical (unpaired) electrons. The molecule has 1 aromatic carbocycles. The van der Waals surface area contributed by atoms with Crippen LogP contribution in [0.15, 0.2) is 12.1 Å². The number of benzene rings is 1. The Morgan fingerprint density at radius 3 is 2.19 bits per heavy atom. The SMILES string of the molecule is O=C(c1ccc(F)c(F)c1F)N1CCCN(C(=O)C2CCCCC2)CC1. The quantitative estimate of drug-likeness (QED) is 0.751. The first-order valence-electron chi connectivity index (χ1n) is 9.20. The van der Waals surface area contributed by atoms with Gasteiger partial charge in [-0.1, -0.05) is 19.3 Å². The second-order valence-electron chi connectivity index (χ2n) is 7.03. The van der Waals surface area contributed by atoms with Crippen LogP contribution in [0.3, 0.4) is 0 Å². The number of rotatable bonds is 2. The second-order valence-corrected chi connectivity index (χ2v) is 7.03. The molecule has 0 aromatic heterocycles. The largest absolute Gasteiger partial charge is 0.341 e. The van der Waals surface area contributed by atoms with Crippen LogP contribution in [0.2, 0.25) is 0 Å². The minimum atomic E-state index is -1.64. The van der Waals surface area contributed by atoms with Gasteiger partial charge in [0.15, 0.2) is 17.5 Å². The number of nitrogens with zero attached hydrogens (tertiary/aromatic N) is 2. The maximum atomic E-state index is 13.9. The zero-order valence-corrected chi connectivity index (χ0v) is 14.6. The minimum absolute atomic E-state index is 0.0645. The van der Waals surface area contributed by atoms with E-state index in [1.54, 1.807) is 4.90 Å². The fraction of sp³-hybridized carbons (Fsp3) is 0.579. The van der Waals surface area contributed by atoms with Gasteiger partial charge >= 0.3 is 0 Å². The van der Waals surface area contributed by atoms with Crippen molar-refractivity contribution in [1.29, 1.82) is 0 Å². The molecule has 26 heavy (non-hydrogen) atoms. The van der Waals surface area contributed by atoms with Crippen LogP contribution in [-0.4, -0.2) is 47.8 Å². The van der Waals surface area contributed by atoms with E-state index in [9.17, 15) is 22.8 Å². The Labute approximate surface area is 151 Å². The third-order valence-electron chi connectivity index (χ3n) is 5.31. The molecule has 2 fully saturated rings. The van der Waals surface area contributed by atoms with Crippen molar-refractivity contribution in [3.63, 3.8) is 0 Å². The Bertz CT molecular complexity index is 690. The van der Waals surface area contributed by atoms with Gasteiger partial charge in [-0.25, -0.2) is 13.2 Å². The lowest BCUT2D eigenvalue weighted by Gasteiger charge is -2.28. The van der Waals surface area contributed by atoms with Gasteiger partial charge in [-0.15, -0.1) is 0 Å². The van der Waals surface area contributed by atoms with Crippen LogP contribution in [0.5, 0.6) is 0 Å². The zero-order valence-electron chi connectivity index (χ0n) is 14.6. The van der Waals surface area contributed by atoms with Crippen LogP contribution in [0.1, 0.15) is 48.9 Å². The molecular weight excluding hydrogens is 345 g/mol. The van der Waals surface area contributed by atoms with Crippen LogP contribution in [0.4, 0.5) is 13.2 Å². The minimum Gasteiger partial charge on any atom is -0.341 e. The van der Waals surface area contributed by atoms with Crippen LogP contribution < -0.4 is 0 Å². The first-order chi connectivity index (χ1) is 12.5. The fourth-order valence-electron chi connectivity index (χ4n) is 3.81. The zero-order chi connectivity index (χ0) is 18.7. The summed E-state index contributed by atoms with van der Waals surface area (Å²) in [6, 6.07) is 1.72. The molecule has 1 aromatic rings. The summed E-state index contributed by atoms with van der Waals surface area (Å²) in [5.74, 6) is -4.89. The third-order valence-corrected chi connectivity index (χ3v) is 5.31. The highest BCUT2D eigenvalue weighted by atomic mass is 19.2. The van der Waals surface area contributed by atoms with Crippen molar-refractivity contribution in [1.82, 2.24) is 9.80 Å². The van der Waals surface area contributed by atoms with Crippen molar-refractivity contribution in [3.05, 3.63) is 35.1 Å². The van der Waals surface area contributed by atoms with Gasteiger partial charge in [0.1, 0.15) is 0 Å². The molecule has 4 nitrogen and oxygen atoms in total. The molecule has 0 unspecified atom stereocenters. The summed E-state index contributed by atoms with van der Waals surface area (Å²) in [4.78, 5) is 28.4. The molecule has 0 spiro atoms. The highest BCUT2D eigenvalue weighted by Crippen LogP contribution is 2.26. The van der Waals surface area contributed by atoms with Crippen LogP contribution >= 0.6 is 0 Å². The van der Waals surface area contributed by atoms with Gasteiger partial charge in [-0.2, -0.15) is 0 Å². The van der Waals surface area contributed by atoms with E-state index in [1.807, 2.05) is 0 Å². The van der Waals surface area contributed by atoms with Gasteiger partial charge in [0.2, 0.25) is 5.91 Å². The lowest BCUT2D eigenvalue weighted by molar-refractivity contribution is -0.136. The summed E-state index contributed by atoms with van der Waals surface area (Å²) in [5.41, 5.74) is -0.476. The summed E-state index contributed by atoms with van der Waals surface area (Å²) < 4.78 is 40.4. The van der Waals surface area contributed by atoms with E-state index in [0.29, 0.717) is 26.1 Å². The number of carbonyl (C=O) groups is 2. The molecule has 7 heteroatoms. The smallest absolute Gasteiger partial charge is 0.257 e. The van der Waals surface area contributed by atoms with Crippen molar-refractivity contribution in [2.45, 2.75) is 38.5 Å². The van der Waals surface area contributed by atoms with Crippen LogP contribution in [-0.2, 0) is 4.79 Å². The van der Waals surface area contributed by atoms with E-state index in [1.165, 1.54) is 11.3 Å². The molecule has 1 saturated heterocycles. The number of hydrogen-bond acceptors (Lipinski definition) is 2. The Morgan fingerprint density at radius 1 is 0.808 bits per heavy atom. The van der Waals surface area contributed by atoms with E-state index >= 15 is 0 Å². The summed E-state index contributed by atoms with van der Waals surface area (Å²) >= 11 is 0. The highest BCUT2D eigenvalue weighted by Gasteiger charge is 2.29. The summed E-state index contributed by atoms with van der Waals surface area (Å²) in [5, 5.41) is 0. The maximum absolute atomic E-state index is 13.9. The molecule has 142 valence electrons. The average molecular weight is 368 g/mol. The van der Waals surface area contributed by atoms with Crippen molar-refractivity contribution in [3.8, 4) is 0 Å². The molecule has 1 aliphatic carbocycles. The molecule has 1 saturated carbocycles. The van der Waals surface area contributed by atoms with Crippen LogP contribution in [0, 0.1) is 23.4 Å². The standard InChI is InChI=1S/C19H23F3N2O2/c20-15-8-7-14(16(21)17(15)22)19(26)24-10-4-9-23(11-12-24)18(25)13-5-2-1-3-6-13/h7-8,13H,1-6,9-12H2. The molecule has 0 atom stereocenters. The number of hydrogen-bond donors (Lipinski definition) is 0. The predicted molar refractivity (Wildman–Crippen MR) is 90.0 cm³/mol. The third kappa shape index (κ3) is 3.86. The van der Waals surface area contributed by atoms with Gasteiger partial charge < -0.3 is 9.80 Å². The van der Waals surface area contributed by atoms with E-state index in [2.05, 4.69) is 0 Å². The van der Waals surface area contributed by atoms with E-state index < -0.39 is 28.9 Å². The van der Waals surface area contributed by atoms with E-state index in [-0.39, 0.29) is 18.4 Å². The molecule has 0 N–H and O–H groups in total. The number of amides is 2. The monoisotopic (exact) mass is 368 g/mol. The van der Waals surface area contributed by atoms with Gasteiger partial charge in [0.05, 0.1) is 5.56 Å². The van der Waals surface area contributed by atoms with E-state index in [0.717, 1.165) is 37.8 Å². The topological polar surface area (TPSA) is 40.6 Å². The van der Waals surface area contributed by atoms with Gasteiger partial charge in [-0.3, -0.25) is 9.59 Å². The number of carbonyl (C=O) groups excluding carboxylic acids is 2. The second kappa shape index (κ2) is 8.10. The molecule has 2 aliphatic rings. The Kier molecular flexibility index (Phi) is 5.84. The van der Waals surface area contributed by atoms with E-state index in [4.69, 9.17) is 0 Å². The summed E-state index contributed by atoms with van der Waals surface area (Å²) in [6.07, 6.45) is 5.73. The molecule has 1 heterocycles. The molecule has 1 aliphatic heterocycles.